The van der Waals surface area contributed by atoms with E-state index in [-0.39, 0.29) is 0 Å². The first kappa shape index (κ1) is 14.2. The molecular formula is C19H24N2. The van der Waals surface area contributed by atoms with Gasteiger partial charge in [-0.3, -0.25) is 0 Å². The van der Waals surface area contributed by atoms with Crippen LogP contribution in [0.1, 0.15) is 28.7 Å². The molecule has 2 aromatic rings. The van der Waals surface area contributed by atoms with Crippen molar-refractivity contribution in [3.05, 3.63) is 64.7 Å². The van der Waals surface area contributed by atoms with Crippen LogP contribution < -0.4 is 10.6 Å². The Morgan fingerprint density at radius 3 is 2.67 bits per heavy atom. The van der Waals surface area contributed by atoms with Crippen molar-refractivity contribution in [3.8, 4) is 0 Å². The summed E-state index contributed by atoms with van der Waals surface area (Å²) in [5, 5.41) is 0. The summed E-state index contributed by atoms with van der Waals surface area (Å²) in [6.45, 7) is 5.06. The quantitative estimate of drug-likeness (QED) is 0.933. The topological polar surface area (TPSA) is 29.3 Å². The van der Waals surface area contributed by atoms with Crippen molar-refractivity contribution in [2.75, 3.05) is 18.0 Å². The Labute approximate surface area is 127 Å². The third-order valence-electron chi connectivity index (χ3n) is 4.46. The molecule has 3 rings (SSSR count). The van der Waals surface area contributed by atoms with Crippen LogP contribution >= 0.6 is 0 Å². The van der Waals surface area contributed by atoms with Crippen LogP contribution in [-0.4, -0.2) is 13.1 Å². The van der Waals surface area contributed by atoms with Crippen LogP contribution in [0, 0.1) is 6.92 Å². The summed E-state index contributed by atoms with van der Waals surface area (Å²) in [4.78, 5) is 2.51. The minimum Gasteiger partial charge on any atom is -0.367 e. The van der Waals surface area contributed by atoms with E-state index in [1.807, 2.05) is 0 Å². The normalized spacial score (nSPS) is 14.7. The molecule has 0 spiro atoms. The van der Waals surface area contributed by atoms with E-state index >= 15 is 0 Å². The summed E-state index contributed by atoms with van der Waals surface area (Å²) in [5.41, 5.74) is 12.7. The van der Waals surface area contributed by atoms with Crippen LogP contribution in [0.5, 0.6) is 0 Å². The van der Waals surface area contributed by atoms with Gasteiger partial charge in [-0.25, -0.2) is 0 Å². The van der Waals surface area contributed by atoms with Crippen molar-refractivity contribution in [2.24, 2.45) is 5.73 Å². The molecule has 21 heavy (non-hydrogen) atoms. The zero-order valence-corrected chi connectivity index (χ0v) is 12.8. The van der Waals surface area contributed by atoms with Gasteiger partial charge in [-0.2, -0.15) is 0 Å². The molecule has 0 bridgehead atoms. The summed E-state index contributed by atoms with van der Waals surface area (Å²) in [5.74, 6) is 0. The molecular weight excluding hydrogens is 256 g/mol. The monoisotopic (exact) mass is 280 g/mol. The molecule has 0 saturated heterocycles. The number of benzene rings is 2. The van der Waals surface area contributed by atoms with Crippen molar-refractivity contribution in [1.82, 2.24) is 0 Å². The second-order valence-electron chi connectivity index (χ2n) is 5.94. The van der Waals surface area contributed by atoms with Gasteiger partial charge in [0.15, 0.2) is 0 Å². The van der Waals surface area contributed by atoms with Crippen LogP contribution in [-0.2, 0) is 19.4 Å². The van der Waals surface area contributed by atoms with E-state index in [2.05, 4.69) is 54.3 Å². The van der Waals surface area contributed by atoms with Gasteiger partial charge >= 0.3 is 0 Å². The largest absolute Gasteiger partial charge is 0.367 e. The Morgan fingerprint density at radius 2 is 1.90 bits per heavy atom. The van der Waals surface area contributed by atoms with Crippen LogP contribution in [0.15, 0.2) is 42.5 Å². The lowest BCUT2D eigenvalue weighted by Gasteiger charge is -2.24. The third kappa shape index (κ3) is 3.11. The molecule has 0 fully saturated rings. The standard InChI is InChI=1S/C19H24N2/c1-15-13-19(9-8-16(15)10-11-20)21-12-4-7-17-5-2-3-6-18(17)14-21/h2-3,5-6,8-9,13H,4,7,10-12,14,20H2,1H3. The van der Waals surface area contributed by atoms with Crippen molar-refractivity contribution in [2.45, 2.75) is 32.7 Å². The van der Waals surface area contributed by atoms with Gasteiger partial charge in [-0.1, -0.05) is 30.3 Å². The van der Waals surface area contributed by atoms with Crippen LogP contribution in [0.2, 0.25) is 0 Å². The molecule has 0 amide bonds. The van der Waals surface area contributed by atoms with E-state index in [1.54, 1.807) is 0 Å². The minimum absolute atomic E-state index is 0.720. The number of nitrogens with zero attached hydrogens (tertiary/aromatic N) is 1. The predicted octanol–water partition coefficient (Wildman–Crippen LogP) is 3.45. The molecule has 2 heteroatoms. The number of rotatable bonds is 3. The molecule has 2 nitrogen and oxygen atoms in total. The molecule has 0 radical (unpaired) electrons. The first-order chi connectivity index (χ1) is 10.3. The molecule has 1 heterocycles. The lowest BCUT2D eigenvalue weighted by molar-refractivity contribution is 0.765. The van der Waals surface area contributed by atoms with Gasteiger partial charge < -0.3 is 10.6 Å². The predicted molar refractivity (Wildman–Crippen MR) is 89.8 cm³/mol. The SMILES string of the molecule is Cc1cc(N2CCCc3ccccc3C2)ccc1CCN. The Morgan fingerprint density at radius 1 is 1.10 bits per heavy atom. The maximum absolute atomic E-state index is 5.67. The average Bonchev–Trinajstić information content (AvgIpc) is 2.71. The summed E-state index contributed by atoms with van der Waals surface area (Å²) >= 11 is 0. The summed E-state index contributed by atoms with van der Waals surface area (Å²) in [6.07, 6.45) is 3.38. The van der Waals surface area contributed by atoms with Gasteiger partial charge in [0.2, 0.25) is 0 Å². The van der Waals surface area contributed by atoms with Crippen molar-refractivity contribution < 1.29 is 0 Å². The van der Waals surface area contributed by atoms with Crippen LogP contribution in [0.4, 0.5) is 5.69 Å². The van der Waals surface area contributed by atoms with Gasteiger partial charge in [0.25, 0.3) is 0 Å². The van der Waals surface area contributed by atoms with Crippen molar-refractivity contribution in [1.29, 1.82) is 0 Å². The lowest BCUT2D eigenvalue weighted by Crippen LogP contribution is -2.22. The highest BCUT2D eigenvalue weighted by molar-refractivity contribution is 5.52. The number of anilines is 1. The zero-order valence-electron chi connectivity index (χ0n) is 12.8. The minimum atomic E-state index is 0.720. The fraction of sp³-hybridized carbons (Fsp3) is 0.368. The van der Waals surface area contributed by atoms with Crippen LogP contribution in [0.3, 0.4) is 0 Å². The van der Waals surface area contributed by atoms with Gasteiger partial charge in [0.05, 0.1) is 0 Å². The lowest BCUT2D eigenvalue weighted by atomic mass is 10.0. The average molecular weight is 280 g/mol. The van der Waals surface area contributed by atoms with Gasteiger partial charge in [0.1, 0.15) is 0 Å². The van der Waals surface area contributed by atoms with Crippen molar-refractivity contribution in [3.63, 3.8) is 0 Å². The Hall–Kier alpha value is -1.80. The van der Waals surface area contributed by atoms with E-state index in [1.165, 1.54) is 40.8 Å². The highest BCUT2D eigenvalue weighted by Crippen LogP contribution is 2.25. The molecule has 1 aliphatic heterocycles. The number of hydrogen-bond acceptors (Lipinski definition) is 2. The fourth-order valence-electron chi connectivity index (χ4n) is 3.23. The summed E-state index contributed by atoms with van der Waals surface area (Å²) in [6, 6.07) is 15.7. The first-order valence-corrected chi connectivity index (χ1v) is 7.89. The molecule has 110 valence electrons. The zero-order chi connectivity index (χ0) is 14.7. The van der Waals surface area contributed by atoms with Gasteiger partial charge in [-0.05, 0) is 67.1 Å². The Bertz CT molecular complexity index is 619. The van der Waals surface area contributed by atoms with E-state index in [0.29, 0.717) is 0 Å². The smallest absolute Gasteiger partial charge is 0.0432 e. The molecule has 2 N–H and O–H groups in total. The summed E-state index contributed by atoms with van der Waals surface area (Å²) in [7, 11) is 0. The maximum atomic E-state index is 5.67. The van der Waals surface area contributed by atoms with E-state index in [9.17, 15) is 0 Å². The van der Waals surface area contributed by atoms with E-state index in [0.717, 1.165) is 26.1 Å². The van der Waals surface area contributed by atoms with Crippen LogP contribution in [0.25, 0.3) is 0 Å². The highest BCUT2D eigenvalue weighted by Gasteiger charge is 2.14. The maximum Gasteiger partial charge on any atom is 0.0432 e. The Balaban J connectivity index is 1.85. The first-order valence-electron chi connectivity index (χ1n) is 7.89. The van der Waals surface area contributed by atoms with Crippen molar-refractivity contribution >= 4 is 5.69 Å². The fourth-order valence-corrected chi connectivity index (χ4v) is 3.23. The molecule has 0 atom stereocenters. The second kappa shape index (κ2) is 6.31. The Kier molecular flexibility index (Phi) is 4.26. The molecule has 0 unspecified atom stereocenters. The van der Waals surface area contributed by atoms with Gasteiger partial charge in [-0.15, -0.1) is 0 Å². The second-order valence-corrected chi connectivity index (χ2v) is 5.94. The number of hydrogen-bond donors (Lipinski definition) is 1. The summed E-state index contributed by atoms with van der Waals surface area (Å²) < 4.78 is 0. The highest BCUT2D eigenvalue weighted by atomic mass is 15.1. The molecule has 2 aromatic carbocycles. The third-order valence-corrected chi connectivity index (χ3v) is 4.46. The molecule has 0 aromatic heterocycles. The molecule has 0 saturated carbocycles. The molecule has 0 aliphatic carbocycles. The van der Waals surface area contributed by atoms with Gasteiger partial charge in [0, 0.05) is 18.8 Å². The number of aryl methyl sites for hydroxylation is 2. The van der Waals surface area contributed by atoms with E-state index in [4.69, 9.17) is 5.73 Å². The van der Waals surface area contributed by atoms with E-state index < -0.39 is 0 Å². The number of fused-ring (bicyclic) bond motifs is 1. The molecule has 1 aliphatic rings. The number of nitrogens with two attached hydrogens (primary N) is 1.